The van der Waals surface area contributed by atoms with E-state index < -0.39 is 24.0 Å². The van der Waals surface area contributed by atoms with Crippen LogP contribution in [0.1, 0.15) is 46.0 Å². The summed E-state index contributed by atoms with van der Waals surface area (Å²) in [5, 5.41) is 8.55. The number of carboxylic acid groups (broad SMARTS) is 1. The highest BCUT2D eigenvalue weighted by Gasteiger charge is 2.48. The van der Waals surface area contributed by atoms with Gasteiger partial charge in [-0.3, -0.25) is 9.59 Å². The van der Waals surface area contributed by atoms with Gasteiger partial charge in [-0.05, 0) is 44.9 Å². The standard InChI is InChI=1S/C13H20O4/c1-13(2,17-12(16)7-11(14)15)10-6-8-3-4-9(10)5-8/h8-10H,3-7H2,1-2H3,(H,14,15). The molecule has 17 heavy (non-hydrogen) atoms. The van der Waals surface area contributed by atoms with Crippen molar-refractivity contribution in [3.63, 3.8) is 0 Å². The largest absolute Gasteiger partial charge is 0.481 e. The molecule has 0 aliphatic heterocycles. The van der Waals surface area contributed by atoms with Gasteiger partial charge in [0.05, 0.1) is 0 Å². The Hall–Kier alpha value is -1.06. The normalized spacial score (nSPS) is 31.5. The summed E-state index contributed by atoms with van der Waals surface area (Å²) in [7, 11) is 0. The van der Waals surface area contributed by atoms with Crippen LogP contribution in [0.25, 0.3) is 0 Å². The Labute approximate surface area is 101 Å². The van der Waals surface area contributed by atoms with Crippen LogP contribution in [0.4, 0.5) is 0 Å². The van der Waals surface area contributed by atoms with Crippen molar-refractivity contribution in [1.29, 1.82) is 0 Å². The maximum atomic E-state index is 11.4. The Morgan fingerprint density at radius 3 is 2.47 bits per heavy atom. The Bertz CT molecular complexity index is 334. The number of carbonyl (C=O) groups is 2. The molecule has 96 valence electrons. The van der Waals surface area contributed by atoms with Crippen molar-refractivity contribution in [1.82, 2.24) is 0 Å². The third-order valence-electron chi connectivity index (χ3n) is 4.30. The second-order valence-electron chi connectivity index (χ2n) is 5.93. The molecule has 3 unspecified atom stereocenters. The number of carboxylic acids is 1. The van der Waals surface area contributed by atoms with Crippen molar-refractivity contribution >= 4 is 11.9 Å². The van der Waals surface area contributed by atoms with E-state index in [1.165, 1.54) is 19.3 Å². The van der Waals surface area contributed by atoms with Crippen LogP contribution in [0.5, 0.6) is 0 Å². The molecule has 3 atom stereocenters. The average molecular weight is 240 g/mol. The summed E-state index contributed by atoms with van der Waals surface area (Å²) in [5.74, 6) is 0.109. The molecule has 0 aromatic rings. The van der Waals surface area contributed by atoms with Crippen LogP contribution in [-0.4, -0.2) is 22.6 Å². The SMILES string of the molecule is CC(C)(OC(=O)CC(=O)O)C1CC2CCC1C2. The van der Waals surface area contributed by atoms with Crippen LogP contribution in [0.3, 0.4) is 0 Å². The number of rotatable bonds is 4. The quantitative estimate of drug-likeness (QED) is 0.604. The number of fused-ring (bicyclic) bond motifs is 2. The molecular formula is C13H20O4. The van der Waals surface area contributed by atoms with Crippen molar-refractivity contribution in [3.05, 3.63) is 0 Å². The maximum absolute atomic E-state index is 11.4. The second-order valence-corrected chi connectivity index (χ2v) is 5.93. The van der Waals surface area contributed by atoms with Crippen LogP contribution in [-0.2, 0) is 14.3 Å². The molecule has 0 heterocycles. The van der Waals surface area contributed by atoms with Crippen LogP contribution in [0, 0.1) is 17.8 Å². The fourth-order valence-electron chi connectivity index (χ4n) is 3.62. The highest BCUT2D eigenvalue weighted by atomic mass is 16.6. The lowest BCUT2D eigenvalue weighted by molar-refractivity contribution is -0.167. The maximum Gasteiger partial charge on any atom is 0.317 e. The first-order valence-corrected chi connectivity index (χ1v) is 6.32. The molecule has 0 amide bonds. The summed E-state index contributed by atoms with van der Waals surface area (Å²) in [4.78, 5) is 21.9. The van der Waals surface area contributed by atoms with Gasteiger partial charge in [-0.2, -0.15) is 0 Å². The first-order chi connectivity index (χ1) is 7.88. The number of aliphatic carboxylic acids is 1. The van der Waals surface area contributed by atoms with Crippen molar-refractivity contribution in [2.24, 2.45) is 17.8 Å². The Balaban J connectivity index is 1.94. The van der Waals surface area contributed by atoms with Gasteiger partial charge in [-0.15, -0.1) is 0 Å². The highest BCUT2D eigenvalue weighted by molar-refractivity contribution is 5.90. The predicted molar refractivity (Wildman–Crippen MR) is 61.4 cm³/mol. The van der Waals surface area contributed by atoms with Gasteiger partial charge in [-0.25, -0.2) is 0 Å². The molecule has 2 bridgehead atoms. The molecule has 2 fully saturated rings. The van der Waals surface area contributed by atoms with Gasteiger partial charge in [0, 0.05) is 5.92 Å². The minimum atomic E-state index is -1.13. The zero-order valence-corrected chi connectivity index (χ0v) is 10.4. The third kappa shape index (κ3) is 2.61. The van der Waals surface area contributed by atoms with Gasteiger partial charge in [0.15, 0.2) is 0 Å². The van der Waals surface area contributed by atoms with E-state index in [-0.39, 0.29) is 0 Å². The van der Waals surface area contributed by atoms with Crippen molar-refractivity contribution < 1.29 is 19.4 Å². The number of hydrogen-bond acceptors (Lipinski definition) is 3. The Morgan fingerprint density at radius 2 is 2.00 bits per heavy atom. The van der Waals surface area contributed by atoms with Gasteiger partial charge in [0.1, 0.15) is 12.0 Å². The Kier molecular flexibility index (Phi) is 3.15. The van der Waals surface area contributed by atoms with E-state index in [1.807, 2.05) is 13.8 Å². The number of ether oxygens (including phenoxy) is 1. The van der Waals surface area contributed by atoms with Crippen LogP contribution >= 0.6 is 0 Å². The number of carbonyl (C=O) groups excluding carboxylic acids is 1. The zero-order chi connectivity index (χ0) is 12.6. The predicted octanol–water partition coefficient (Wildman–Crippen LogP) is 2.22. The van der Waals surface area contributed by atoms with E-state index >= 15 is 0 Å². The van der Waals surface area contributed by atoms with Gasteiger partial charge < -0.3 is 9.84 Å². The lowest BCUT2D eigenvalue weighted by atomic mass is 9.78. The molecular weight excluding hydrogens is 220 g/mol. The molecule has 0 radical (unpaired) electrons. The fourth-order valence-corrected chi connectivity index (χ4v) is 3.62. The fraction of sp³-hybridized carbons (Fsp3) is 0.846. The van der Waals surface area contributed by atoms with Crippen LogP contribution in [0.2, 0.25) is 0 Å². The monoisotopic (exact) mass is 240 g/mol. The zero-order valence-electron chi connectivity index (χ0n) is 10.4. The van der Waals surface area contributed by atoms with E-state index in [0.29, 0.717) is 11.8 Å². The van der Waals surface area contributed by atoms with Crippen LogP contribution < -0.4 is 0 Å². The van der Waals surface area contributed by atoms with Crippen molar-refractivity contribution in [2.75, 3.05) is 0 Å². The van der Waals surface area contributed by atoms with Crippen molar-refractivity contribution in [2.45, 2.75) is 51.6 Å². The van der Waals surface area contributed by atoms with Gasteiger partial charge >= 0.3 is 11.9 Å². The first-order valence-electron chi connectivity index (χ1n) is 6.32. The summed E-state index contributed by atoms with van der Waals surface area (Å²) < 4.78 is 5.37. The second kappa shape index (κ2) is 4.31. The average Bonchev–Trinajstić information content (AvgIpc) is 2.75. The highest BCUT2D eigenvalue weighted by Crippen LogP contribution is 2.52. The number of esters is 1. The van der Waals surface area contributed by atoms with Crippen molar-refractivity contribution in [3.8, 4) is 0 Å². The molecule has 2 aliphatic rings. The summed E-state index contributed by atoms with van der Waals surface area (Å²) >= 11 is 0. The molecule has 4 heteroatoms. The first kappa shape index (κ1) is 12.4. The van der Waals surface area contributed by atoms with Crippen LogP contribution in [0.15, 0.2) is 0 Å². The van der Waals surface area contributed by atoms with Gasteiger partial charge in [0.2, 0.25) is 0 Å². The summed E-state index contributed by atoms with van der Waals surface area (Å²) in [6.45, 7) is 3.83. The molecule has 2 saturated carbocycles. The molecule has 2 rings (SSSR count). The summed E-state index contributed by atoms with van der Waals surface area (Å²) in [5.41, 5.74) is -0.521. The van der Waals surface area contributed by atoms with Gasteiger partial charge in [-0.1, -0.05) is 6.42 Å². The van der Waals surface area contributed by atoms with E-state index in [2.05, 4.69) is 0 Å². The molecule has 0 aromatic heterocycles. The van der Waals surface area contributed by atoms with E-state index in [4.69, 9.17) is 9.84 Å². The molecule has 0 saturated heterocycles. The van der Waals surface area contributed by atoms with Gasteiger partial charge in [0.25, 0.3) is 0 Å². The lowest BCUT2D eigenvalue weighted by Gasteiger charge is -2.36. The smallest absolute Gasteiger partial charge is 0.317 e. The topological polar surface area (TPSA) is 63.6 Å². The molecule has 0 aromatic carbocycles. The summed E-state index contributed by atoms with van der Waals surface area (Å²) in [6, 6.07) is 0. The molecule has 2 aliphatic carbocycles. The molecule has 4 nitrogen and oxygen atoms in total. The van der Waals surface area contributed by atoms with E-state index in [9.17, 15) is 9.59 Å². The third-order valence-corrected chi connectivity index (χ3v) is 4.30. The van der Waals surface area contributed by atoms with E-state index in [1.54, 1.807) is 0 Å². The minimum Gasteiger partial charge on any atom is -0.481 e. The molecule has 1 N–H and O–H groups in total. The summed E-state index contributed by atoms with van der Waals surface area (Å²) in [6.07, 6.45) is 4.38. The minimum absolute atomic E-state index is 0.402. The van der Waals surface area contributed by atoms with E-state index in [0.717, 1.165) is 12.3 Å². The number of hydrogen-bond donors (Lipinski definition) is 1. The molecule has 0 spiro atoms. The lowest BCUT2D eigenvalue weighted by Crippen LogP contribution is -2.39. The Morgan fingerprint density at radius 1 is 1.29 bits per heavy atom.